The maximum absolute atomic E-state index is 13.5. The average Bonchev–Trinajstić information content (AvgIpc) is 3.18. The second-order valence-corrected chi connectivity index (χ2v) is 7.66. The van der Waals surface area contributed by atoms with E-state index in [1.807, 2.05) is 65.7 Å². The molecule has 4 nitrogen and oxygen atoms in total. The summed E-state index contributed by atoms with van der Waals surface area (Å²) in [7, 11) is 0. The molecule has 0 atom stereocenters. The van der Waals surface area contributed by atoms with Crippen molar-refractivity contribution in [3.8, 4) is 11.1 Å². The average molecular weight is 407 g/mol. The number of benzene rings is 2. The lowest BCUT2D eigenvalue weighted by molar-refractivity contribution is 0.0764. The largest absolute Gasteiger partial charge is 0.339 e. The molecule has 0 fully saturated rings. The Morgan fingerprint density at radius 2 is 1.62 bits per heavy atom. The van der Waals surface area contributed by atoms with Gasteiger partial charge in [0.2, 0.25) is 0 Å². The smallest absolute Gasteiger partial charge is 0.257 e. The van der Waals surface area contributed by atoms with Crippen molar-refractivity contribution in [2.45, 2.75) is 26.7 Å². The minimum absolute atomic E-state index is 0.0376. The Hall–Kier alpha value is -2.92. The van der Waals surface area contributed by atoms with Crippen molar-refractivity contribution in [2.75, 3.05) is 18.4 Å². The molecule has 0 saturated carbocycles. The van der Waals surface area contributed by atoms with Gasteiger partial charge < -0.3 is 10.2 Å². The van der Waals surface area contributed by atoms with E-state index in [2.05, 4.69) is 12.2 Å². The third-order valence-electron chi connectivity index (χ3n) is 4.80. The molecule has 0 unspecified atom stereocenters. The molecule has 3 aromatic rings. The Labute approximate surface area is 176 Å². The highest BCUT2D eigenvalue weighted by Gasteiger charge is 2.25. The molecule has 0 bridgehead atoms. The van der Waals surface area contributed by atoms with Gasteiger partial charge in [0.15, 0.2) is 0 Å². The standard InChI is InChI=1S/C24H26N2O2S/c1-3-5-16-26(4-2)24(28)21-20(18-12-8-6-9-13-18)17-29-23(21)25-22(27)19-14-10-7-11-15-19/h6-15,17H,3-5,16H2,1-2H3,(H,25,27). The first-order chi connectivity index (χ1) is 14.2. The van der Waals surface area contributed by atoms with Crippen LogP contribution in [-0.2, 0) is 0 Å². The predicted molar refractivity (Wildman–Crippen MR) is 121 cm³/mol. The van der Waals surface area contributed by atoms with Crippen molar-refractivity contribution >= 4 is 28.2 Å². The number of anilines is 1. The van der Waals surface area contributed by atoms with E-state index in [1.54, 1.807) is 12.1 Å². The fraction of sp³-hybridized carbons (Fsp3) is 0.250. The summed E-state index contributed by atoms with van der Waals surface area (Å²) in [6.07, 6.45) is 1.98. The quantitative estimate of drug-likeness (QED) is 0.504. The van der Waals surface area contributed by atoms with Crippen LogP contribution in [0.2, 0.25) is 0 Å². The van der Waals surface area contributed by atoms with Crippen LogP contribution in [-0.4, -0.2) is 29.8 Å². The van der Waals surface area contributed by atoms with Gasteiger partial charge in [0.1, 0.15) is 5.00 Å². The van der Waals surface area contributed by atoms with Gasteiger partial charge in [-0.05, 0) is 31.0 Å². The molecule has 0 saturated heterocycles. The lowest BCUT2D eigenvalue weighted by Gasteiger charge is -2.22. The van der Waals surface area contributed by atoms with Gasteiger partial charge in [-0.15, -0.1) is 11.3 Å². The van der Waals surface area contributed by atoms with Gasteiger partial charge in [0, 0.05) is 29.6 Å². The number of nitrogens with one attached hydrogen (secondary N) is 1. The molecule has 0 aliphatic heterocycles. The first-order valence-electron chi connectivity index (χ1n) is 9.98. The van der Waals surface area contributed by atoms with Gasteiger partial charge in [-0.2, -0.15) is 0 Å². The highest BCUT2D eigenvalue weighted by atomic mass is 32.1. The van der Waals surface area contributed by atoms with Gasteiger partial charge in [-0.3, -0.25) is 9.59 Å². The lowest BCUT2D eigenvalue weighted by atomic mass is 10.0. The Morgan fingerprint density at radius 1 is 0.966 bits per heavy atom. The summed E-state index contributed by atoms with van der Waals surface area (Å²) in [6, 6.07) is 18.9. The number of amides is 2. The SMILES string of the molecule is CCCCN(CC)C(=O)c1c(-c2ccccc2)csc1NC(=O)c1ccccc1. The molecule has 29 heavy (non-hydrogen) atoms. The van der Waals surface area contributed by atoms with Crippen LogP contribution in [0.1, 0.15) is 47.4 Å². The monoisotopic (exact) mass is 406 g/mol. The molecule has 0 spiro atoms. The van der Waals surface area contributed by atoms with Crippen molar-refractivity contribution in [2.24, 2.45) is 0 Å². The number of carbonyl (C=O) groups is 2. The summed E-state index contributed by atoms with van der Waals surface area (Å²) in [5.74, 6) is -0.248. The predicted octanol–water partition coefficient (Wildman–Crippen LogP) is 5.93. The highest BCUT2D eigenvalue weighted by molar-refractivity contribution is 7.15. The minimum atomic E-state index is -0.210. The maximum Gasteiger partial charge on any atom is 0.257 e. The van der Waals surface area contributed by atoms with E-state index >= 15 is 0 Å². The topological polar surface area (TPSA) is 49.4 Å². The van der Waals surface area contributed by atoms with Gasteiger partial charge in [0.05, 0.1) is 5.56 Å². The van der Waals surface area contributed by atoms with Crippen LogP contribution in [0.4, 0.5) is 5.00 Å². The summed E-state index contributed by atoms with van der Waals surface area (Å²) in [4.78, 5) is 28.0. The molecule has 1 N–H and O–H groups in total. The Morgan fingerprint density at radius 3 is 2.24 bits per heavy atom. The van der Waals surface area contributed by atoms with Gasteiger partial charge in [0.25, 0.3) is 11.8 Å². The van der Waals surface area contributed by atoms with Crippen LogP contribution in [0.5, 0.6) is 0 Å². The number of unbranched alkanes of at least 4 members (excludes halogenated alkanes) is 1. The van der Waals surface area contributed by atoms with Crippen molar-refractivity contribution in [3.63, 3.8) is 0 Å². The molecule has 5 heteroatoms. The first kappa shape index (κ1) is 20.8. The van der Waals surface area contributed by atoms with Crippen LogP contribution in [0.3, 0.4) is 0 Å². The number of nitrogens with zero attached hydrogens (tertiary/aromatic N) is 1. The van der Waals surface area contributed by atoms with E-state index in [0.717, 1.165) is 24.0 Å². The molecule has 1 heterocycles. The van der Waals surface area contributed by atoms with Crippen LogP contribution in [0, 0.1) is 0 Å². The van der Waals surface area contributed by atoms with Crippen molar-refractivity contribution < 1.29 is 9.59 Å². The second-order valence-electron chi connectivity index (χ2n) is 6.78. The highest BCUT2D eigenvalue weighted by Crippen LogP contribution is 2.36. The molecule has 3 rings (SSSR count). The van der Waals surface area contributed by atoms with Gasteiger partial charge >= 0.3 is 0 Å². The zero-order valence-corrected chi connectivity index (χ0v) is 17.7. The van der Waals surface area contributed by atoms with Crippen molar-refractivity contribution in [3.05, 3.63) is 77.2 Å². The number of rotatable bonds is 8. The summed E-state index contributed by atoms with van der Waals surface area (Å²) in [5.41, 5.74) is 2.97. The number of thiophene rings is 1. The second kappa shape index (κ2) is 10.0. The summed E-state index contributed by atoms with van der Waals surface area (Å²) >= 11 is 1.39. The van der Waals surface area contributed by atoms with Crippen molar-refractivity contribution in [1.29, 1.82) is 0 Å². The molecule has 150 valence electrons. The van der Waals surface area contributed by atoms with E-state index in [1.165, 1.54) is 11.3 Å². The number of carbonyl (C=O) groups excluding carboxylic acids is 2. The number of hydrogen-bond donors (Lipinski definition) is 1. The third-order valence-corrected chi connectivity index (χ3v) is 5.70. The Bertz CT molecular complexity index is 952. The Balaban J connectivity index is 1.99. The fourth-order valence-electron chi connectivity index (χ4n) is 3.17. The molecular weight excluding hydrogens is 380 g/mol. The normalized spacial score (nSPS) is 10.6. The zero-order valence-electron chi connectivity index (χ0n) is 16.9. The van der Waals surface area contributed by atoms with E-state index in [4.69, 9.17) is 0 Å². The molecule has 0 aliphatic carbocycles. The fourth-order valence-corrected chi connectivity index (χ4v) is 4.12. The molecule has 2 amide bonds. The summed E-state index contributed by atoms with van der Waals surface area (Å²) in [6.45, 7) is 5.45. The third kappa shape index (κ3) is 4.93. The lowest BCUT2D eigenvalue weighted by Crippen LogP contribution is -2.32. The molecule has 0 aliphatic rings. The molecule has 1 aromatic heterocycles. The molecule has 2 aromatic carbocycles. The summed E-state index contributed by atoms with van der Waals surface area (Å²) < 4.78 is 0. The zero-order chi connectivity index (χ0) is 20.6. The maximum atomic E-state index is 13.5. The van der Waals surface area contributed by atoms with Crippen LogP contribution < -0.4 is 5.32 Å². The van der Waals surface area contributed by atoms with Gasteiger partial charge in [-0.1, -0.05) is 61.9 Å². The van der Waals surface area contributed by atoms with Crippen molar-refractivity contribution in [1.82, 2.24) is 4.90 Å². The van der Waals surface area contributed by atoms with E-state index in [-0.39, 0.29) is 11.8 Å². The van der Waals surface area contributed by atoms with Crippen LogP contribution >= 0.6 is 11.3 Å². The summed E-state index contributed by atoms with van der Waals surface area (Å²) in [5, 5.41) is 5.52. The van der Waals surface area contributed by atoms with E-state index in [9.17, 15) is 9.59 Å². The molecule has 0 radical (unpaired) electrons. The van der Waals surface area contributed by atoms with Crippen LogP contribution in [0.15, 0.2) is 66.0 Å². The van der Waals surface area contributed by atoms with Gasteiger partial charge in [-0.25, -0.2) is 0 Å². The van der Waals surface area contributed by atoms with E-state index < -0.39 is 0 Å². The van der Waals surface area contributed by atoms with E-state index in [0.29, 0.717) is 29.2 Å². The minimum Gasteiger partial charge on any atom is -0.339 e. The Kier molecular flexibility index (Phi) is 7.19. The number of hydrogen-bond acceptors (Lipinski definition) is 3. The van der Waals surface area contributed by atoms with Crippen LogP contribution in [0.25, 0.3) is 11.1 Å². The first-order valence-corrected chi connectivity index (χ1v) is 10.9. The molecular formula is C24H26N2O2S.